The second-order valence-corrected chi connectivity index (χ2v) is 8.77. The molecule has 8 nitrogen and oxygen atoms in total. The molecule has 4 rings (SSSR count). The minimum atomic E-state index is -0.0357. The van der Waals surface area contributed by atoms with Crippen molar-refractivity contribution in [3.63, 3.8) is 0 Å². The summed E-state index contributed by atoms with van der Waals surface area (Å²) in [5.41, 5.74) is 2.14. The number of para-hydroxylation sites is 2. The largest absolute Gasteiger partial charge is 0.497 e. The highest BCUT2D eigenvalue weighted by Gasteiger charge is 2.21. The number of rotatable bonds is 9. The van der Waals surface area contributed by atoms with Crippen LogP contribution in [0.25, 0.3) is 0 Å². The van der Waals surface area contributed by atoms with Gasteiger partial charge < -0.3 is 24.6 Å². The van der Waals surface area contributed by atoms with Crippen molar-refractivity contribution in [3.05, 3.63) is 66.5 Å². The molecular weight excluding hydrogens is 450 g/mol. The van der Waals surface area contributed by atoms with E-state index in [2.05, 4.69) is 31.2 Å². The molecule has 3 aromatic rings. The Morgan fingerprint density at radius 1 is 0.971 bits per heavy atom. The lowest BCUT2D eigenvalue weighted by Crippen LogP contribution is -2.47. The second kappa shape index (κ2) is 11.6. The third-order valence-electron chi connectivity index (χ3n) is 5.66. The van der Waals surface area contributed by atoms with E-state index in [9.17, 15) is 4.79 Å². The fourth-order valence-electron chi connectivity index (χ4n) is 3.78. The van der Waals surface area contributed by atoms with Gasteiger partial charge in [-0.25, -0.2) is 9.97 Å². The lowest BCUT2D eigenvalue weighted by atomic mass is 10.2. The number of thioether (sulfide) groups is 1. The van der Waals surface area contributed by atoms with E-state index in [4.69, 9.17) is 9.47 Å². The summed E-state index contributed by atoms with van der Waals surface area (Å²) in [6.45, 7) is 3.93. The number of carbonyl (C=O) groups is 1. The summed E-state index contributed by atoms with van der Waals surface area (Å²) in [6.07, 6.45) is 1.57. The first-order valence-corrected chi connectivity index (χ1v) is 12.1. The molecule has 34 heavy (non-hydrogen) atoms. The number of methoxy groups -OCH3 is 2. The molecular formula is C25H29N5O3S. The van der Waals surface area contributed by atoms with Crippen LogP contribution in [0.2, 0.25) is 0 Å². The van der Waals surface area contributed by atoms with Crippen LogP contribution in [0.1, 0.15) is 5.56 Å². The van der Waals surface area contributed by atoms with Gasteiger partial charge in [0.05, 0.1) is 25.7 Å². The van der Waals surface area contributed by atoms with Crippen molar-refractivity contribution in [1.82, 2.24) is 15.3 Å². The summed E-state index contributed by atoms with van der Waals surface area (Å²) < 4.78 is 10.7. The van der Waals surface area contributed by atoms with Crippen LogP contribution in [0.15, 0.2) is 66.0 Å². The standard InChI is InChI=1S/C25H29N5O3S/c1-32-20-9-7-19(8-10-20)16-26-24(31)17-34-25-15-23(27-18-28-25)30-13-11-29(12-14-30)21-5-3-4-6-22(21)33-2/h3-10,15,18H,11-14,16-17H2,1-2H3,(H,26,31). The highest BCUT2D eigenvalue weighted by Crippen LogP contribution is 2.29. The van der Waals surface area contributed by atoms with Gasteiger partial charge in [-0.05, 0) is 29.8 Å². The fourth-order valence-corrected chi connectivity index (χ4v) is 4.48. The Hall–Kier alpha value is -3.46. The lowest BCUT2D eigenvalue weighted by molar-refractivity contribution is -0.118. The monoisotopic (exact) mass is 479 g/mol. The molecule has 1 amide bonds. The van der Waals surface area contributed by atoms with Crippen molar-refractivity contribution in [2.75, 3.05) is 56.0 Å². The number of aromatic nitrogens is 2. The minimum absolute atomic E-state index is 0.0357. The summed E-state index contributed by atoms with van der Waals surface area (Å²) in [7, 11) is 3.34. The molecule has 0 saturated carbocycles. The van der Waals surface area contributed by atoms with Gasteiger partial charge >= 0.3 is 0 Å². The number of anilines is 2. The molecule has 9 heteroatoms. The van der Waals surface area contributed by atoms with Gasteiger partial charge in [-0.15, -0.1) is 0 Å². The first-order chi connectivity index (χ1) is 16.7. The zero-order valence-electron chi connectivity index (χ0n) is 19.4. The van der Waals surface area contributed by atoms with E-state index >= 15 is 0 Å². The SMILES string of the molecule is COc1ccc(CNC(=O)CSc2cc(N3CCN(c4ccccc4OC)CC3)ncn2)cc1. The van der Waals surface area contributed by atoms with Gasteiger partial charge in [-0.1, -0.05) is 36.0 Å². The van der Waals surface area contributed by atoms with Crippen molar-refractivity contribution < 1.29 is 14.3 Å². The van der Waals surface area contributed by atoms with Gasteiger partial charge in [0.25, 0.3) is 0 Å². The molecule has 0 bridgehead atoms. The molecule has 1 aromatic heterocycles. The molecule has 0 radical (unpaired) electrons. The van der Waals surface area contributed by atoms with Crippen molar-refractivity contribution >= 4 is 29.2 Å². The Morgan fingerprint density at radius 3 is 2.44 bits per heavy atom. The second-order valence-electron chi connectivity index (χ2n) is 7.77. The number of piperazine rings is 1. The number of carbonyl (C=O) groups excluding carboxylic acids is 1. The average molecular weight is 480 g/mol. The first kappa shape index (κ1) is 23.7. The van der Waals surface area contributed by atoms with E-state index in [0.29, 0.717) is 12.3 Å². The fraction of sp³-hybridized carbons (Fsp3) is 0.320. The molecule has 1 N–H and O–H groups in total. The van der Waals surface area contributed by atoms with Crippen molar-refractivity contribution in [2.45, 2.75) is 11.6 Å². The van der Waals surface area contributed by atoms with Crippen LogP contribution in [0.4, 0.5) is 11.5 Å². The number of nitrogens with zero attached hydrogens (tertiary/aromatic N) is 4. The van der Waals surface area contributed by atoms with E-state index < -0.39 is 0 Å². The zero-order chi connectivity index (χ0) is 23.8. The van der Waals surface area contributed by atoms with Crippen LogP contribution in [0.5, 0.6) is 11.5 Å². The van der Waals surface area contributed by atoms with Gasteiger partial charge in [0.15, 0.2) is 0 Å². The van der Waals surface area contributed by atoms with E-state index in [1.165, 1.54) is 11.8 Å². The van der Waals surface area contributed by atoms with Crippen LogP contribution in [-0.4, -0.2) is 62.0 Å². The van der Waals surface area contributed by atoms with Crippen LogP contribution < -0.4 is 24.6 Å². The summed E-state index contributed by atoms with van der Waals surface area (Å²) in [5, 5.41) is 3.73. The molecule has 1 saturated heterocycles. The summed E-state index contributed by atoms with van der Waals surface area (Å²) in [4.78, 5) is 25.7. The number of hydrogen-bond acceptors (Lipinski definition) is 8. The van der Waals surface area contributed by atoms with E-state index in [1.54, 1.807) is 20.5 Å². The van der Waals surface area contributed by atoms with Gasteiger partial charge in [-0.3, -0.25) is 4.79 Å². The first-order valence-electron chi connectivity index (χ1n) is 11.1. The number of nitrogens with one attached hydrogen (secondary N) is 1. The third-order valence-corrected chi connectivity index (χ3v) is 6.58. The van der Waals surface area contributed by atoms with Gasteiger partial charge in [0.2, 0.25) is 5.91 Å². The molecule has 1 aliphatic rings. The molecule has 0 aliphatic carbocycles. The van der Waals surface area contributed by atoms with Crippen LogP contribution in [0, 0.1) is 0 Å². The molecule has 0 atom stereocenters. The number of amides is 1. The van der Waals surface area contributed by atoms with E-state index in [0.717, 1.165) is 59.8 Å². The maximum Gasteiger partial charge on any atom is 0.230 e. The predicted molar refractivity (Wildman–Crippen MR) is 135 cm³/mol. The Morgan fingerprint density at radius 2 is 1.71 bits per heavy atom. The third kappa shape index (κ3) is 6.11. The van der Waals surface area contributed by atoms with Crippen LogP contribution >= 0.6 is 11.8 Å². The quantitative estimate of drug-likeness (QED) is 0.370. The van der Waals surface area contributed by atoms with Gasteiger partial charge in [-0.2, -0.15) is 0 Å². The van der Waals surface area contributed by atoms with Crippen LogP contribution in [0.3, 0.4) is 0 Å². The average Bonchev–Trinajstić information content (AvgIpc) is 2.91. The number of ether oxygens (including phenoxy) is 2. The summed E-state index contributed by atoms with van der Waals surface area (Å²) >= 11 is 1.41. The summed E-state index contributed by atoms with van der Waals surface area (Å²) in [6, 6.07) is 17.7. The molecule has 2 heterocycles. The molecule has 1 aliphatic heterocycles. The summed E-state index contributed by atoms with van der Waals surface area (Å²) in [5.74, 6) is 2.84. The molecule has 0 spiro atoms. The van der Waals surface area contributed by atoms with Crippen molar-refractivity contribution in [1.29, 1.82) is 0 Å². The molecule has 0 unspecified atom stereocenters. The zero-order valence-corrected chi connectivity index (χ0v) is 20.3. The molecule has 1 fully saturated rings. The predicted octanol–water partition coefficient (Wildman–Crippen LogP) is 3.23. The Bertz CT molecular complexity index is 1090. The molecule has 178 valence electrons. The highest BCUT2D eigenvalue weighted by molar-refractivity contribution is 7.99. The van der Waals surface area contributed by atoms with Crippen molar-refractivity contribution in [2.24, 2.45) is 0 Å². The van der Waals surface area contributed by atoms with Gasteiger partial charge in [0, 0.05) is 38.8 Å². The van der Waals surface area contributed by atoms with E-state index in [1.807, 2.05) is 48.5 Å². The van der Waals surface area contributed by atoms with Crippen molar-refractivity contribution in [3.8, 4) is 11.5 Å². The Labute approximate surface area is 204 Å². The Kier molecular flexibility index (Phi) is 8.08. The maximum absolute atomic E-state index is 12.3. The Balaban J connectivity index is 1.26. The normalized spacial score (nSPS) is 13.5. The maximum atomic E-state index is 12.3. The highest BCUT2D eigenvalue weighted by atomic mass is 32.2. The smallest absolute Gasteiger partial charge is 0.230 e. The topological polar surface area (TPSA) is 79.8 Å². The van der Waals surface area contributed by atoms with Crippen LogP contribution in [-0.2, 0) is 11.3 Å². The van der Waals surface area contributed by atoms with Gasteiger partial charge in [0.1, 0.15) is 28.7 Å². The minimum Gasteiger partial charge on any atom is -0.497 e. The lowest BCUT2D eigenvalue weighted by Gasteiger charge is -2.37. The molecule has 2 aromatic carbocycles. The number of benzene rings is 2. The van der Waals surface area contributed by atoms with E-state index in [-0.39, 0.29) is 5.91 Å². The number of hydrogen-bond donors (Lipinski definition) is 1.